The van der Waals surface area contributed by atoms with Crippen molar-refractivity contribution in [2.24, 2.45) is 0 Å². The van der Waals surface area contributed by atoms with E-state index in [2.05, 4.69) is 0 Å². The van der Waals surface area contributed by atoms with Gasteiger partial charge >= 0.3 is 23.9 Å². The lowest BCUT2D eigenvalue weighted by atomic mass is 10.1. The zero-order chi connectivity index (χ0) is 36.4. The largest absolute Gasteiger partial charge is 0.423 e. The average Bonchev–Trinajstić information content (AvgIpc) is 3.04. The molecule has 4 rings (SSSR count). The van der Waals surface area contributed by atoms with Crippen LogP contribution in [0.2, 0.25) is 10.0 Å². The highest BCUT2D eigenvalue weighted by molar-refractivity contribution is 7.85. The van der Waals surface area contributed by atoms with Gasteiger partial charge in [0.15, 0.2) is 23.0 Å². The molecule has 0 aliphatic heterocycles. The Morgan fingerprint density at radius 2 is 0.840 bits per heavy atom. The third kappa shape index (κ3) is 11.0. The van der Waals surface area contributed by atoms with Crippen molar-refractivity contribution in [1.29, 1.82) is 0 Å². The van der Waals surface area contributed by atoms with Crippen LogP contribution in [-0.2, 0) is 30.0 Å². The van der Waals surface area contributed by atoms with Crippen molar-refractivity contribution in [3.05, 3.63) is 129 Å². The second kappa shape index (κ2) is 17.6. The summed E-state index contributed by atoms with van der Waals surface area (Å²) in [7, 11) is -1.68. The highest BCUT2D eigenvalue weighted by atomic mass is 35.5. The molecular weight excluding hydrogens is 703 g/mol. The number of ether oxygens (including phenoxy) is 4. The molecule has 0 bridgehead atoms. The van der Waals surface area contributed by atoms with Crippen molar-refractivity contribution < 1.29 is 42.3 Å². The molecule has 0 N–H and O–H groups in total. The summed E-state index contributed by atoms with van der Waals surface area (Å²) in [5.74, 6) is -2.10. The van der Waals surface area contributed by atoms with Crippen molar-refractivity contribution in [2.45, 2.75) is 38.2 Å². The lowest BCUT2D eigenvalue weighted by Gasteiger charge is -2.21. The van der Waals surface area contributed by atoms with Gasteiger partial charge in [0.1, 0.15) is 0 Å². The number of hydrogen-bond acceptors (Lipinski definition) is 9. The molecule has 2 unspecified atom stereocenters. The van der Waals surface area contributed by atoms with E-state index < -0.39 is 45.2 Å². The van der Waals surface area contributed by atoms with E-state index in [0.717, 1.165) is 0 Å². The maximum atomic E-state index is 14.7. The molecule has 4 aromatic rings. The summed E-state index contributed by atoms with van der Waals surface area (Å²) in [5.41, 5.74) is 2.57. The Bertz CT molecular complexity index is 1830. The number of carbonyl (C=O) groups excluding carboxylic acids is 4. The molecule has 0 saturated carbocycles. The number of hydrogen-bond donors (Lipinski definition) is 0. The summed E-state index contributed by atoms with van der Waals surface area (Å²) in [5, 5.41) is -0.370. The van der Waals surface area contributed by atoms with Crippen LogP contribution >= 0.6 is 23.2 Å². The van der Waals surface area contributed by atoms with Crippen LogP contribution in [-0.4, -0.2) is 28.1 Å². The lowest BCUT2D eigenvalue weighted by Crippen LogP contribution is -2.12. The maximum Gasteiger partial charge on any atom is 0.308 e. The molecule has 0 fully saturated rings. The molecule has 9 nitrogen and oxygen atoms in total. The second-order valence-electron chi connectivity index (χ2n) is 10.8. The predicted molar refractivity (Wildman–Crippen MR) is 193 cm³/mol. The Kier molecular flexibility index (Phi) is 13.3. The Hall–Kier alpha value is -5.03. The zero-order valence-corrected chi connectivity index (χ0v) is 29.7. The molecule has 258 valence electrons. The Morgan fingerprint density at radius 3 is 1.16 bits per heavy atom. The number of halogens is 2. The number of rotatable bonds is 12. The highest BCUT2D eigenvalue weighted by Gasteiger charge is 2.25. The van der Waals surface area contributed by atoms with Crippen LogP contribution < -0.4 is 18.9 Å². The van der Waals surface area contributed by atoms with Gasteiger partial charge in [-0.3, -0.25) is 23.4 Å². The standard InChI is InChI=1S/C38H32Cl2O9S/c1-23(41)46-33-17-5-27(21-35(33)48-25(3)43)7-19-37(29-9-13-31(39)14-10-29)50(45)38(30-11-15-32(40)16-12-30)20-8-28-6-18-34(47-24(2)42)36(22-28)49-26(4)44/h5-22,37-38H,1-4H3/b19-7+,20-8+. The SMILES string of the molecule is CC(=O)Oc1ccc(/C=C/C(c2ccc(Cl)cc2)S(=O)C(/C=C/c2ccc(OC(C)=O)c(OC(C)=O)c2)c2ccc(Cl)cc2)cc1OC(C)=O. The lowest BCUT2D eigenvalue weighted by molar-refractivity contribution is -0.134. The molecule has 50 heavy (non-hydrogen) atoms. The van der Waals surface area contributed by atoms with Crippen LogP contribution in [0.1, 0.15) is 60.4 Å². The Balaban J connectivity index is 1.78. The highest BCUT2D eigenvalue weighted by Crippen LogP contribution is 2.37. The third-order valence-electron chi connectivity index (χ3n) is 6.77. The zero-order valence-electron chi connectivity index (χ0n) is 27.4. The first-order chi connectivity index (χ1) is 23.8. The minimum absolute atomic E-state index is 0.0498. The van der Waals surface area contributed by atoms with Crippen molar-refractivity contribution in [3.8, 4) is 23.0 Å². The molecule has 0 aliphatic rings. The van der Waals surface area contributed by atoms with E-state index in [1.54, 1.807) is 85.0 Å². The fourth-order valence-electron chi connectivity index (χ4n) is 4.71. The molecule has 0 saturated heterocycles. The van der Waals surface area contributed by atoms with Crippen molar-refractivity contribution in [1.82, 2.24) is 0 Å². The van der Waals surface area contributed by atoms with Crippen LogP contribution in [0.15, 0.2) is 97.1 Å². The first-order valence-corrected chi connectivity index (χ1v) is 17.1. The van der Waals surface area contributed by atoms with Gasteiger partial charge in [-0.15, -0.1) is 0 Å². The van der Waals surface area contributed by atoms with Gasteiger partial charge in [0.25, 0.3) is 0 Å². The number of esters is 4. The minimum atomic E-state index is -1.68. The van der Waals surface area contributed by atoms with Crippen LogP contribution in [0, 0.1) is 0 Å². The van der Waals surface area contributed by atoms with Gasteiger partial charge in [0, 0.05) is 48.5 Å². The summed E-state index contributed by atoms with van der Waals surface area (Å²) >= 11 is 12.4. The summed E-state index contributed by atoms with van der Waals surface area (Å²) in [6.45, 7) is 4.94. The summed E-state index contributed by atoms with van der Waals surface area (Å²) in [4.78, 5) is 46.7. The monoisotopic (exact) mass is 734 g/mol. The second-order valence-corrected chi connectivity index (χ2v) is 13.3. The van der Waals surface area contributed by atoms with E-state index in [9.17, 15) is 23.4 Å². The smallest absolute Gasteiger partial charge is 0.308 e. The van der Waals surface area contributed by atoms with E-state index in [1.807, 2.05) is 0 Å². The molecule has 4 aromatic carbocycles. The number of carbonyl (C=O) groups is 4. The molecular formula is C38H32Cl2O9S. The van der Waals surface area contributed by atoms with Crippen LogP contribution in [0.5, 0.6) is 23.0 Å². The molecule has 0 heterocycles. The van der Waals surface area contributed by atoms with Gasteiger partial charge in [0.05, 0.1) is 10.5 Å². The molecule has 2 atom stereocenters. The van der Waals surface area contributed by atoms with Gasteiger partial charge in [-0.2, -0.15) is 0 Å². The van der Waals surface area contributed by atoms with E-state index in [1.165, 1.54) is 52.0 Å². The third-order valence-corrected chi connectivity index (χ3v) is 9.14. The van der Waals surface area contributed by atoms with Crippen molar-refractivity contribution in [3.63, 3.8) is 0 Å². The van der Waals surface area contributed by atoms with Gasteiger partial charge in [-0.1, -0.05) is 83.9 Å². The molecule has 0 aromatic heterocycles. The summed E-state index contributed by atoms with van der Waals surface area (Å²) in [6.07, 6.45) is 6.98. The molecule has 12 heteroatoms. The van der Waals surface area contributed by atoms with Crippen LogP contribution in [0.4, 0.5) is 0 Å². The summed E-state index contributed by atoms with van der Waals surface area (Å²) in [6, 6.07) is 23.4. The van der Waals surface area contributed by atoms with E-state index in [4.69, 9.17) is 42.1 Å². The fraction of sp³-hybridized carbons (Fsp3) is 0.158. The first kappa shape index (κ1) is 37.8. The van der Waals surface area contributed by atoms with E-state index in [0.29, 0.717) is 32.3 Å². The van der Waals surface area contributed by atoms with Crippen molar-refractivity contribution in [2.75, 3.05) is 0 Å². The molecule has 0 aliphatic carbocycles. The quantitative estimate of drug-likeness (QED) is 0.104. The topological polar surface area (TPSA) is 122 Å². The number of benzene rings is 4. The average molecular weight is 736 g/mol. The summed E-state index contributed by atoms with van der Waals surface area (Å²) < 4.78 is 35.6. The minimum Gasteiger partial charge on any atom is -0.423 e. The molecule has 0 spiro atoms. The fourth-order valence-corrected chi connectivity index (χ4v) is 6.59. The normalized spacial score (nSPS) is 13.0. The van der Waals surface area contributed by atoms with Gasteiger partial charge < -0.3 is 18.9 Å². The van der Waals surface area contributed by atoms with Crippen LogP contribution in [0.3, 0.4) is 0 Å². The van der Waals surface area contributed by atoms with Crippen molar-refractivity contribution >= 4 is 70.0 Å². The van der Waals surface area contributed by atoms with Gasteiger partial charge in [-0.05, 0) is 70.8 Å². The Morgan fingerprint density at radius 1 is 0.520 bits per heavy atom. The van der Waals surface area contributed by atoms with E-state index >= 15 is 0 Å². The van der Waals surface area contributed by atoms with Gasteiger partial charge in [0.2, 0.25) is 0 Å². The van der Waals surface area contributed by atoms with Gasteiger partial charge in [-0.25, -0.2) is 0 Å². The predicted octanol–water partition coefficient (Wildman–Crippen LogP) is 8.65. The van der Waals surface area contributed by atoms with Crippen LogP contribution in [0.25, 0.3) is 12.2 Å². The molecule has 0 radical (unpaired) electrons. The maximum absolute atomic E-state index is 14.7. The first-order valence-electron chi connectivity index (χ1n) is 15.1. The Labute approximate surface area is 301 Å². The molecule has 0 amide bonds. The van der Waals surface area contributed by atoms with E-state index in [-0.39, 0.29) is 23.0 Å².